The van der Waals surface area contributed by atoms with Gasteiger partial charge in [-0.2, -0.15) is 0 Å². The van der Waals surface area contributed by atoms with E-state index in [9.17, 15) is 9.18 Å². The van der Waals surface area contributed by atoms with Crippen LogP contribution in [0.15, 0.2) is 30.5 Å². The predicted octanol–water partition coefficient (Wildman–Crippen LogP) is 2.00. The van der Waals surface area contributed by atoms with Crippen LogP contribution in [0.25, 0.3) is 0 Å². The standard InChI is InChI=1S/C13H12FN3O2/c1-7-5-9(15)13(17-6-7)19-10-4-2-3-8(14)11(10)12(16)18/h2-6H,15H2,1H3,(H2,16,18). The summed E-state index contributed by atoms with van der Waals surface area (Å²) in [5, 5.41) is 0. The van der Waals surface area contributed by atoms with Crippen LogP contribution in [-0.2, 0) is 0 Å². The van der Waals surface area contributed by atoms with Crippen LogP contribution in [0.1, 0.15) is 15.9 Å². The minimum Gasteiger partial charge on any atom is -0.436 e. The summed E-state index contributed by atoms with van der Waals surface area (Å²) < 4.78 is 18.9. The molecule has 98 valence electrons. The van der Waals surface area contributed by atoms with E-state index in [1.165, 1.54) is 12.1 Å². The summed E-state index contributed by atoms with van der Waals surface area (Å²) in [6.07, 6.45) is 1.55. The van der Waals surface area contributed by atoms with Crippen molar-refractivity contribution in [3.63, 3.8) is 0 Å². The number of carbonyl (C=O) groups excluding carboxylic acids is 1. The molecule has 0 bridgehead atoms. The second-order valence-electron chi connectivity index (χ2n) is 3.99. The molecule has 1 aromatic carbocycles. The van der Waals surface area contributed by atoms with E-state index < -0.39 is 11.7 Å². The van der Waals surface area contributed by atoms with Gasteiger partial charge in [0.15, 0.2) is 0 Å². The van der Waals surface area contributed by atoms with E-state index in [1.807, 2.05) is 6.92 Å². The number of primary amides is 1. The highest BCUT2D eigenvalue weighted by Gasteiger charge is 2.16. The minimum absolute atomic E-state index is 0.0180. The number of aryl methyl sites for hydroxylation is 1. The van der Waals surface area contributed by atoms with Crippen LogP contribution in [0.4, 0.5) is 10.1 Å². The minimum atomic E-state index is -0.918. The number of hydrogen-bond donors (Lipinski definition) is 2. The molecule has 6 heteroatoms. The second kappa shape index (κ2) is 4.93. The summed E-state index contributed by atoms with van der Waals surface area (Å²) in [7, 11) is 0. The summed E-state index contributed by atoms with van der Waals surface area (Å²) in [4.78, 5) is 15.2. The molecular formula is C13H12FN3O2. The van der Waals surface area contributed by atoms with Crippen LogP contribution in [0.2, 0.25) is 0 Å². The number of anilines is 1. The lowest BCUT2D eigenvalue weighted by molar-refractivity contribution is 0.0994. The summed E-state index contributed by atoms with van der Waals surface area (Å²) in [6.45, 7) is 1.82. The Labute approximate surface area is 109 Å². The number of pyridine rings is 1. The molecule has 19 heavy (non-hydrogen) atoms. The van der Waals surface area contributed by atoms with E-state index in [1.54, 1.807) is 12.3 Å². The molecule has 0 unspecified atom stereocenters. The molecule has 0 radical (unpaired) electrons. The summed E-state index contributed by atoms with van der Waals surface area (Å²) in [6, 6.07) is 5.61. The van der Waals surface area contributed by atoms with Crippen molar-refractivity contribution in [2.75, 3.05) is 5.73 Å². The number of nitrogens with zero attached hydrogens (tertiary/aromatic N) is 1. The number of rotatable bonds is 3. The van der Waals surface area contributed by atoms with Crippen LogP contribution in [-0.4, -0.2) is 10.9 Å². The van der Waals surface area contributed by atoms with Gasteiger partial charge in [0.2, 0.25) is 5.88 Å². The van der Waals surface area contributed by atoms with Crippen molar-refractivity contribution in [1.82, 2.24) is 4.98 Å². The molecular weight excluding hydrogens is 249 g/mol. The fourth-order valence-electron chi connectivity index (χ4n) is 1.60. The van der Waals surface area contributed by atoms with Gasteiger partial charge in [-0.25, -0.2) is 9.37 Å². The zero-order valence-corrected chi connectivity index (χ0v) is 10.2. The number of benzene rings is 1. The number of ether oxygens (including phenoxy) is 1. The molecule has 4 N–H and O–H groups in total. The van der Waals surface area contributed by atoms with Crippen molar-refractivity contribution < 1.29 is 13.9 Å². The average Bonchev–Trinajstić information content (AvgIpc) is 2.32. The van der Waals surface area contributed by atoms with E-state index >= 15 is 0 Å². The zero-order chi connectivity index (χ0) is 14.0. The first kappa shape index (κ1) is 12.8. The third-order valence-corrected chi connectivity index (χ3v) is 2.44. The van der Waals surface area contributed by atoms with Gasteiger partial charge in [0.1, 0.15) is 17.1 Å². The van der Waals surface area contributed by atoms with Crippen molar-refractivity contribution in [1.29, 1.82) is 0 Å². The largest absolute Gasteiger partial charge is 0.436 e. The maximum Gasteiger partial charge on any atom is 0.255 e. The van der Waals surface area contributed by atoms with Crippen molar-refractivity contribution in [3.05, 3.63) is 47.4 Å². The Balaban J connectivity index is 2.44. The van der Waals surface area contributed by atoms with Gasteiger partial charge < -0.3 is 16.2 Å². The Morgan fingerprint density at radius 1 is 1.42 bits per heavy atom. The van der Waals surface area contributed by atoms with Crippen LogP contribution >= 0.6 is 0 Å². The fraction of sp³-hybridized carbons (Fsp3) is 0.0769. The first-order valence-corrected chi connectivity index (χ1v) is 5.47. The van der Waals surface area contributed by atoms with E-state index in [0.29, 0.717) is 5.69 Å². The molecule has 0 atom stereocenters. The number of hydrogen-bond acceptors (Lipinski definition) is 4. The SMILES string of the molecule is Cc1cnc(Oc2cccc(F)c2C(N)=O)c(N)c1. The molecule has 0 aliphatic carbocycles. The Bertz CT molecular complexity index is 644. The lowest BCUT2D eigenvalue weighted by Gasteiger charge is -2.10. The van der Waals surface area contributed by atoms with E-state index in [-0.39, 0.29) is 17.2 Å². The molecule has 1 aromatic heterocycles. The summed E-state index contributed by atoms with van der Waals surface area (Å²) in [5.41, 5.74) is 11.7. The van der Waals surface area contributed by atoms with E-state index in [2.05, 4.69) is 4.98 Å². The maximum atomic E-state index is 13.5. The molecule has 1 amide bonds. The Morgan fingerprint density at radius 3 is 2.79 bits per heavy atom. The van der Waals surface area contributed by atoms with Crippen molar-refractivity contribution >= 4 is 11.6 Å². The number of nitrogen functional groups attached to an aromatic ring is 1. The Morgan fingerprint density at radius 2 is 2.16 bits per heavy atom. The van der Waals surface area contributed by atoms with Crippen LogP contribution in [0.5, 0.6) is 11.6 Å². The number of nitrogens with two attached hydrogens (primary N) is 2. The van der Waals surface area contributed by atoms with Gasteiger partial charge in [-0.1, -0.05) is 6.07 Å². The highest BCUT2D eigenvalue weighted by Crippen LogP contribution is 2.29. The van der Waals surface area contributed by atoms with Gasteiger partial charge in [-0.3, -0.25) is 4.79 Å². The molecule has 2 rings (SSSR count). The van der Waals surface area contributed by atoms with Gasteiger partial charge in [-0.05, 0) is 30.7 Å². The zero-order valence-electron chi connectivity index (χ0n) is 10.2. The van der Waals surface area contributed by atoms with Crippen molar-refractivity contribution in [3.8, 4) is 11.6 Å². The number of halogens is 1. The average molecular weight is 261 g/mol. The van der Waals surface area contributed by atoms with Crippen LogP contribution in [0.3, 0.4) is 0 Å². The first-order chi connectivity index (χ1) is 8.99. The maximum absolute atomic E-state index is 13.5. The van der Waals surface area contributed by atoms with E-state index in [4.69, 9.17) is 16.2 Å². The van der Waals surface area contributed by atoms with Gasteiger partial charge >= 0.3 is 0 Å². The molecule has 0 spiro atoms. The molecule has 1 heterocycles. The summed E-state index contributed by atoms with van der Waals surface area (Å²) >= 11 is 0. The third kappa shape index (κ3) is 2.62. The lowest BCUT2D eigenvalue weighted by Crippen LogP contribution is -2.14. The van der Waals surface area contributed by atoms with Crippen molar-refractivity contribution in [2.24, 2.45) is 5.73 Å². The highest BCUT2D eigenvalue weighted by atomic mass is 19.1. The third-order valence-electron chi connectivity index (χ3n) is 2.44. The fourth-order valence-corrected chi connectivity index (χ4v) is 1.60. The topological polar surface area (TPSA) is 91.2 Å². The molecule has 0 aliphatic heterocycles. The molecule has 0 saturated carbocycles. The molecule has 0 aliphatic rings. The molecule has 5 nitrogen and oxygen atoms in total. The quantitative estimate of drug-likeness (QED) is 0.884. The number of carbonyl (C=O) groups is 1. The number of aromatic nitrogens is 1. The molecule has 0 fully saturated rings. The molecule has 2 aromatic rings. The number of amides is 1. The van der Waals surface area contributed by atoms with Crippen molar-refractivity contribution in [2.45, 2.75) is 6.92 Å². The Hall–Kier alpha value is -2.63. The smallest absolute Gasteiger partial charge is 0.255 e. The van der Waals surface area contributed by atoms with Gasteiger partial charge in [0, 0.05) is 6.20 Å². The van der Waals surface area contributed by atoms with Gasteiger partial charge in [0.25, 0.3) is 5.91 Å². The van der Waals surface area contributed by atoms with Crippen LogP contribution < -0.4 is 16.2 Å². The first-order valence-electron chi connectivity index (χ1n) is 5.47. The Kier molecular flexibility index (Phi) is 3.33. The van der Waals surface area contributed by atoms with E-state index in [0.717, 1.165) is 11.6 Å². The highest BCUT2D eigenvalue weighted by molar-refractivity contribution is 5.96. The lowest BCUT2D eigenvalue weighted by atomic mass is 10.2. The predicted molar refractivity (Wildman–Crippen MR) is 68.4 cm³/mol. The molecule has 0 saturated heterocycles. The van der Waals surface area contributed by atoms with Crippen LogP contribution in [0, 0.1) is 12.7 Å². The van der Waals surface area contributed by atoms with Gasteiger partial charge in [0.05, 0.1) is 5.69 Å². The second-order valence-corrected chi connectivity index (χ2v) is 3.99. The monoisotopic (exact) mass is 261 g/mol. The van der Waals surface area contributed by atoms with Gasteiger partial charge in [-0.15, -0.1) is 0 Å². The normalized spacial score (nSPS) is 10.2. The summed E-state index contributed by atoms with van der Waals surface area (Å²) in [5.74, 6) is -1.59.